The second-order valence-corrected chi connectivity index (χ2v) is 6.24. The lowest BCUT2D eigenvalue weighted by Gasteiger charge is -2.15. The molecule has 8 heteroatoms. The van der Waals surface area contributed by atoms with Crippen molar-refractivity contribution in [3.63, 3.8) is 0 Å². The Labute approximate surface area is 164 Å². The first kappa shape index (κ1) is 21.0. The van der Waals surface area contributed by atoms with Crippen LogP contribution in [0, 0.1) is 0 Å². The van der Waals surface area contributed by atoms with Gasteiger partial charge in [0.05, 0.1) is 20.3 Å². The monoisotopic (exact) mass is 387 g/mol. The second-order valence-electron chi connectivity index (χ2n) is 6.24. The van der Waals surface area contributed by atoms with Gasteiger partial charge in [0.1, 0.15) is 0 Å². The molecule has 2 amide bonds. The van der Waals surface area contributed by atoms with E-state index in [2.05, 4.69) is 10.6 Å². The van der Waals surface area contributed by atoms with E-state index in [1.165, 1.54) is 14.2 Å². The summed E-state index contributed by atoms with van der Waals surface area (Å²) >= 11 is 0. The highest BCUT2D eigenvalue weighted by atomic mass is 16.5. The smallest absolute Gasteiger partial charge is 0.313 e. The summed E-state index contributed by atoms with van der Waals surface area (Å²) in [5.74, 6) is -0.653. The predicted octanol–water partition coefficient (Wildman–Crippen LogP) is 1.56. The van der Waals surface area contributed by atoms with Crippen molar-refractivity contribution in [3.05, 3.63) is 48.0 Å². The molecular weight excluding hydrogens is 362 g/mol. The van der Waals surface area contributed by atoms with Crippen LogP contribution in [0.4, 0.5) is 11.4 Å². The zero-order valence-electron chi connectivity index (χ0n) is 16.4. The number of carbonyl (C=O) groups excluding carboxylic acids is 2. The number of nitrogens with zero attached hydrogens (tertiary/aromatic N) is 1. The number of methoxy groups -OCH3 is 2. The van der Waals surface area contributed by atoms with E-state index in [0.717, 1.165) is 5.69 Å². The summed E-state index contributed by atoms with van der Waals surface area (Å²) in [5.41, 5.74) is 2.00. The number of hydrogen-bond acceptors (Lipinski definition) is 6. The molecule has 0 saturated heterocycles. The van der Waals surface area contributed by atoms with Crippen LogP contribution < -0.4 is 25.0 Å². The molecule has 8 nitrogen and oxygen atoms in total. The molecule has 0 unspecified atom stereocenters. The van der Waals surface area contributed by atoms with Crippen molar-refractivity contribution >= 4 is 23.2 Å². The first-order valence-corrected chi connectivity index (χ1v) is 8.62. The molecule has 0 aliphatic carbocycles. The maximum atomic E-state index is 12.0. The topological polar surface area (TPSA) is 100 Å². The van der Waals surface area contributed by atoms with Gasteiger partial charge in [0.2, 0.25) is 0 Å². The third-order valence-corrected chi connectivity index (χ3v) is 4.10. The number of benzene rings is 2. The second kappa shape index (κ2) is 9.61. The van der Waals surface area contributed by atoms with Gasteiger partial charge < -0.3 is 30.1 Å². The summed E-state index contributed by atoms with van der Waals surface area (Å²) in [7, 11) is 6.82. The predicted molar refractivity (Wildman–Crippen MR) is 107 cm³/mol. The van der Waals surface area contributed by atoms with Crippen LogP contribution in [0.5, 0.6) is 11.5 Å². The van der Waals surface area contributed by atoms with Crippen LogP contribution in [0.25, 0.3) is 0 Å². The summed E-state index contributed by atoms with van der Waals surface area (Å²) in [6, 6.07) is 12.0. The standard InChI is InChI=1S/C20H25N3O5/c1-23(2)15-8-6-14(7-9-15)22-20(26)19(25)21-12-16(24)13-5-10-17(27-3)18(11-13)28-4/h5-11,16,24H,12H2,1-4H3,(H,21,25)(H,22,26)/t16-/m0/s1. The molecule has 150 valence electrons. The Morgan fingerprint density at radius 1 is 1.00 bits per heavy atom. The third-order valence-electron chi connectivity index (χ3n) is 4.10. The van der Waals surface area contributed by atoms with Crippen molar-refractivity contribution in [2.75, 3.05) is 45.1 Å². The Hall–Kier alpha value is -3.26. The van der Waals surface area contributed by atoms with Crippen molar-refractivity contribution in [1.29, 1.82) is 0 Å². The average molecular weight is 387 g/mol. The van der Waals surface area contributed by atoms with E-state index in [9.17, 15) is 14.7 Å². The molecule has 2 aromatic carbocycles. The van der Waals surface area contributed by atoms with E-state index >= 15 is 0 Å². The summed E-state index contributed by atoms with van der Waals surface area (Å²) in [5, 5.41) is 15.2. The molecule has 0 radical (unpaired) electrons. The fraction of sp³-hybridized carbons (Fsp3) is 0.300. The minimum absolute atomic E-state index is 0.124. The van der Waals surface area contributed by atoms with Gasteiger partial charge in [-0.15, -0.1) is 0 Å². The van der Waals surface area contributed by atoms with E-state index in [-0.39, 0.29) is 6.54 Å². The fourth-order valence-corrected chi connectivity index (χ4v) is 2.48. The number of carbonyl (C=O) groups is 2. The molecule has 0 aliphatic heterocycles. The highest BCUT2D eigenvalue weighted by molar-refractivity contribution is 6.39. The molecule has 3 N–H and O–H groups in total. The summed E-state index contributed by atoms with van der Waals surface area (Å²) in [6.07, 6.45) is -1.00. The van der Waals surface area contributed by atoms with Gasteiger partial charge in [-0.2, -0.15) is 0 Å². The van der Waals surface area contributed by atoms with Crippen molar-refractivity contribution in [3.8, 4) is 11.5 Å². The van der Waals surface area contributed by atoms with Crippen LogP contribution >= 0.6 is 0 Å². The molecular formula is C20H25N3O5. The number of anilines is 2. The fourth-order valence-electron chi connectivity index (χ4n) is 2.48. The third kappa shape index (κ3) is 5.37. The molecule has 0 saturated carbocycles. The van der Waals surface area contributed by atoms with Crippen LogP contribution in [0.2, 0.25) is 0 Å². The number of ether oxygens (including phenoxy) is 2. The number of hydrogen-bond donors (Lipinski definition) is 3. The van der Waals surface area contributed by atoms with Crippen LogP contribution in [0.3, 0.4) is 0 Å². The Kier molecular flexibility index (Phi) is 7.22. The van der Waals surface area contributed by atoms with E-state index in [0.29, 0.717) is 22.7 Å². The lowest BCUT2D eigenvalue weighted by Crippen LogP contribution is -2.37. The van der Waals surface area contributed by atoms with E-state index in [1.807, 2.05) is 31.1 Å². The molecule has 0 heterocycles. The van der Waals surface area contributed by atoms with Crippen LogP contribution in [-0.4, -0.2) is 51.8 Å². The molecule has 2 aromatic rings. The quantitative estimate of drug-likeness (QED) is 0.624. The first-order valence-electron chi connectivity index (χ1n) is 8.62. The van der Waals surface area contributed by atoms with Gasteiger partial charge in [-0.05, 0) is 42.0 Å². The lowest BCUT2D eigenvalue weighted by molar-refractivity contribution is -0.136. The summed E-state index contributed by atoms with van der Waals surface area (Å²) in [4.78, 5) is 25.9. The maximum Gasteiger partial charge on any atom is 0.313 e. The van der Waals surface area contributed by atoms with Gasteiger partial charge in [0.25, 0.3) is 0 Å². The molecule has 0 spiro atoms. The van der Waals surface area contributed by atoms with Gasteiger partial charge in [-0.1, -0.05) is 6.07 Å². The van der Waals surface area contributed by atoms with E-state index in [1.54, 1.807) is 30.3 Å². The number of amides is 2. The minimum atomic E-state index is -1.00. The molecule has 28 heavy (non-hydrogen) atoms. The highest BCUT2D eigenvalue weighted by Gasteiger charge is 2.17. The Bertz CT molecular complexity index is 821. The zero-order chi connectivity index (χ0) is 20.7. The van der Waals surface area contributed by atoms with Crippen molar-refractivity contribution in [2.45, 2.75) is 6.10 Å². The Balaban J connectivity index is 1.91. The molecule has 0 aliphatic rings. The Morgan fingerprint density at radius 2 is 1.64 bits per heavy atom. The highest BCUT2D eigenvalue weighted by Crippen LogP contribution is 2.29. The van der Waals surface area contributed by atoms with Crippen molar-refractivity contribution in [1.82, 2.24) is 5.32 Å². The SMILES string of the molecule is COc1ccc([C@@H](O)CNC(=O)C(=O)Nc2ccc(N(C)C)cc2)cc1OC. The molecule has 0 fully saturated rings. The van der Waals surface area contributed by atoms with Crippen molar-refractivity contribution < 1.29 is 24.2 Å². The number of nitrogens with one attached hydrogen (secondary N) is 2. The van der Waals surface area contributed by atoms with Gasteiger partial charge >= 0.3 is 11.8 Å². The summed E-state index contributed by atoms with van der Waals surface area (Å²) < 4.78 is 10.3. The van der Waals surface area contributed by atoms with Gasteiger partial charge in [-0.3, -0.25) is 9.59 Å². The van der Waals surface area contributed by atoms with Gasteiger partial charge in [-0.25, -0.2) is 0 Å². The lowest BCUT2D eigenvalue weighted by atomic mass is 10.1. The number of rotatable bonds is 7. The zero-order valence-corrected chi connectivity index (χ0v) is 16.4. The Morgan fingerprint density at radius 3 is 2.21 bits per heavy atom. The molecule has 2 rings (SSSR count). The largest absolute Gasteiger partial charge is 0.493 e. The average Bonchev–Trinajstić information content (AvgIpc) is 2.71. The number of aliphatic hydroxyl groups is 1. The van der Waals surface area contributed by atoms with Crippen LogP contribution in [0.1, 0.15) is 11.7 Å². The molecule has 0 aromatic heterocycles. The van der Waals surface area contributed by atoms with E-state index in [4.69, 9.17) is 9.47 Å². The van der Waals surface area contributed by atoms with Gasteiger partial charge in [0, 0.05) is 32.0 Å². The molecule has 0 bridgehead atoms. The van der Waals surface area contributed by atoms with Crippen molar-refractivity contribution in [2.24, 2.45) is 0 Å². The minimum Gasteiger partial charge on any atom is -0.493 e. The van der Waals surface area contributed by atoms with Crippen LogP contribution in [-0.2, 0) is 9.59 Å². The van der Waals surface area contributed by atoms with E-state index < -0.39 is 17.9 Å². The molecule has 1 atom stereocenters. The maximum absolute atomic E-state index is 12.0. The normalized spacial score (nSPS) is 11.3. The summed E-state index contributed by atoms with van der Waals surface area (Å²) in [6.45, 7) is -0.124. The first-order chi connectivity index (χ1) is 13.3. The van der Waals surface area contributed by atoms with Crippen LogP contribution in [0.15, 0.2) is 42.5 Å². The van der Waals surface area contributed by atoms with Gasteiger partial charge in [0.15, 0.2) is 11.5 Å². The number of aliphatic hydroxyl groups excluding tert-OH is 1.